The van der Waals surface area contributed by atoms with Crippen molar-refractivity contribution in [3.63, 3.8) is 0 Å². The topological polar surface area (TPSA) is 42.3 Å². The van der Waals surface area contributed by atoms with Crippen molar-refractivity contribution in [2.24, 2.45) is 0 Å². The second kappa shape index (κ2) is 6.70. The van der Waals surface area contributed by atoms with Gasteiger partial charge in [0, 0.05) is 36.9 Å². The second-order valence-electron chi connectivity index (χ2n) is 6.09. The first kappa shape index (κ1) is 15.5. The van der Waals surface area contributed by atoms with Crippen LogP contribution in [0.3, 0.4) is 0 Å². The minimum absolute atomic E-state index is 0.181. The highest BCUT2D eigenvalue weighted by Crippen LogP contribution is 2.31. The molecule has 1 fully saturated rings. The lowest BCUT2D eigenvalue weighted by molar-refractivity contribution is -0.0815. The van der Waals surface area contributed by atoms with Crippen LogP contribution >= 0.6 is 0 Å². The normalized spacial score (nSPS) is 24.8. The molecule has 0 aromatic carbocycles. The fourth-order valence-electron chi connectivity index (χ4n) is 2.90. The number of aromatic nitrogens is 2. The number of nitrogens with zero attached hydrogens (tertiary/aromatic N) is 3. The Balaban J connectivity index is 2.27. The number of ether oxygens (including phenoxy) is 1. The van der Waals surface area contributed by atoms with E-state index < -0.39 is 0 Å². The molecule has 1 saturated heterocycles. The number of morpholine rings is 1. The maximum atomic E-state index is 5.99. The molecule has 0 bridgehead atoms. The highest BCUT2D eigenvalue weighted by molar-refractivity contribution is 5.15. The molecule has 1 aliphatic heterocycles. The van der Waals surface area contributed by atoms with E-state index in [1.54, 1.807) is 0 Å². The number of likely N-dealkylation sites (N-methyl/N-ethyl adjacent to an activating group) is 1. The maximum absolute atomic E-state index is 5.99. The van der Waals surface area contributed by atoms with Crippen LogP contribution in [0.2, 0.25) is 0 Å². The fourth-order valence-corrected chi connectivity index (χ4v) is 2.90. The number of nitrogens with one attached hydrogen (secondary N) is 1. The van der Waals surface area contributed by atoms with Crippen LogP contribution in [0.15, 0.2) is 12.4 Å². The van der Waals surface area contributed by atoms with Crippen molar-refractivity contribution in [2.75, 3.05) is 26.7 Å². The van der Waals surface area contributed by atoms with E-state index in [0.29, 0.717) is 12.1 Å². The molecule has 1 aliphatic rings. The highest BCUT2D eigenvalue weighted by atomic mass is 16.5. The Bertz CT molecular complexity index is 414. The molecular formula is C15H28N4O. The molecule has 20 heavy (non-hydrogen) atoms. The molecule has 2 rings (SSSR count). The van der Waals surface area contributed by atoms with E-state index in [9.17, 15) is 0 Å². The smallest absolute Gasteiger partial charge is 0.0897 e. The molecule has 2 unspecified atom stereocenters. The van der Waals surface area contributed by atoms with Gasteiger partial charge in [-0.15, -0.1) is 0 Å². The molecule has 0 radical (unpaired) electrons. The predicted molar refractivity (Wildman–Crippen MR) is 80.9 cm³/mol. The summed E-state index contributed by atoms with van der Waals surface area (Å²) in [7, 11) is 1.98. The summed E-state index contributed by atoms with van der Waals surface area (Å²) >= 11 is 0. The summed E-state index contributed by atoms with van der Waals surface area (Å²) in [6, 6.07) is 1.18. The van der Waals surface area contributed by atoms with Crippen LogP contribution < -0.4 is 5.32 Å². The zero-order chi connectivity index (χ0) is 14.7. The van der Waals surface area contributed by atoms with Crippen LogP contribution in [0.5, 0.6) is 0 Å². The molecule has 0 spiro atoms. The second-order valence-corrected chi connectivity index (χ2v) is 6.09. The van der Waals surface area contributed by atoms with Gasteiger partial charge in [0.05, 0.1) is 24.9 Å². The summed E-state index contributed by atoms with van der Waals surface area (Å²) in [5.74, 6) is 0. The molecular weight excluding hydrogens is 252 g/mol. The molecule has 0 amide bonds. The zero-order valence-corrected chi connectivity index (χ0v) is 13.3. The zero-order valence-electron chi connectivity index (χ0n) is 13.3. The summed E-state index contributed by atoms with van der Waals surface area (Å²) in [5, 5.41) is 7.74. The van der Waals surface area contributed by atoms with Crippen LogP contribution in [-0.4, -0.2) is 53.6 Å². The standard InChI is InChI=1S/C15H28N4O/c1-11(2)18-6-7-20-14(9-16-5)15(18)13-8-17-19(10-13)12(3)4/h8,10-12,14-16H,6-7,9H2,1-5H3. The Labute approximate surface area is 122 Å². The van der Waals surface area contributed by atoms with Gasteiger partial charge in [-0.2, -0.15) is 5.10 Å². The van der Waals surface area contributed by atoms with Gasteiger partial charge in [0.2, 0.25) is 0 Å². The highest BCUT2D eigenvalue weighted by Gasteiger charge is 2.35. The van der Waals surface area contributed by atoms with E-state index in [-0.39, 0.29) is 12.1 Å². The van der Waals surface area contributed by atoms with E-state index >= 15 is 0 Å². The summed E-state index contributed by atoms with van der Waals surface area (Å²) < 4.78 is 8.02. The van der Waals surface area contributed by atoms with E-state index in [4.69, 9.17) is 4.74 Å². The van der Waals surface area contributed by atoms with Gasteiger partial charge in [-0.05, 0) is 34.7 Å². The number of hydrogen-bond donors (Lipinski definition) is 1. The quantitative estimate of drug-likeness (QED) is 0.893. The van der Waals surface area contributed by atoms with E-state index in [2.05, 4.69) is 49.2 Å². The maximum Gasteiger partial charge on any atom is 0.0897 e. The van der Waals surface area contributed by atoms with Gasteiger partial charge < -0.3 is 10.1 Å². The van der Waals surface area contributed by atoms with Crippen molar-refractivity contribution in [2.45, 2.75) is 51.9 Å². The molecule has 0 aliphatic carbocycles. The van der Waals surface area contributed by atoms with Gasteiger partial charge in [0.15, 0.2) is 0 Å². The number of hydrogen-bond acceptors (Lipinski definition) is 4. The average Bonchev–Trinajstić information content (AvgIpc) is 2.88. The predicted octanol–water partition coefficient (Wildman–Crippen LogP) is 1.83. The average molecular weight is 280 g/mol. The van der Waals surface area contributed by atoms with Crippen LogP contribution in [0.25, 0.3) is 0 Å². The number of rotatable bonds is 5. The van der Waals surface area contributed by atoms with Crippen molar-refractivity contribution < 1.29 is 4.74 Å². The van der Waals surface area contributed by atoms with Crippen LogP contribution in [0, 0.1) is 0 Å². The molecule has 1 N–H and O–H groups in total. The lowest BCUT2D eigenvalue weighted by Gasteiger charge is -2.43. The largest absolute Gasteiger partial charge is 0.374 e. The van der Waals surface area contributed by atoms with Gasteiger partial charge >= 0.3 is 0 Å². The van der Waals surface area contributed by atoms with E-state index in [0.717, 1.165) is 19.7 Å². The van der Waals surface area contributed by atoms with Gasteiger partial charge in [0.25, 0.3) is 0 Å². The summed E-state index contributed by atoms with van der Waals surface area (Å²) in [6.07, 6.45) is 4.35. The minimum Gasteiger partial charge on any atom is -0.374 e. The fraction of sp³-hybridized carbons (Fsp3) is 0.800. The molecule has 1 aromatic rings. The lowest BCUT2D eigenvalue weighted by atomic mass is 9.99. The summed E-state index contributed by atoms with van der Waals surface area (Å²) in [4.78, 5) is 2.52. The Morgan fingerprint density at radius 2 is 2.10 bits per heavy atom. The van der Waals surface area contributed by atoms with Gasteiger partial charge in [0.1, 0.15) is 0 Å². The molecule has 2 heterocycles. The van der Waals surface area contributed by atoms with Crippen LogP contribution in [0.4, 0.5) is 0 Å². The van der Waals surface area contributed by atoms with Crippen molar-refractivity contribution >= 4 is 0 Å². The van der Waals surface area contributed by atoms with Crippen molar-refractivity contribution in [3.05, 3.63) is 18.0 Å². The molecule has 1 aromatic heterocycles. The Hall–Kier alpha value is -0.910. The van der Waals surface area contributed by atoms with Crippen LogP contribution in [-0.2, 0) is 4.74 Å². The first-order chi connectivity index (χ1) is 9.54. The Kier molecular flexibility index (Phi) is 5.18. The van der Waals surface area contributed by atoms with E-state index in [1.807, 2.05) is 17.9 Å². The first-order valence-electron chi connectivity index (χ1n) is 7.60. The van der Waals surface area contributed by atoms with Gasteiger partial charge in [-0.3, -0.25) is 9.58 Å². The first-order valence-corrected chi connectivity index (χ1v) is 7.60. The van der Waals surface area contributed by atoms with Gasteiger partial charge in [-0.25, -0.2) is 0 Å². The Morgan fingerprint density at radius 1 is 1.35 bits per heavy atom. The Morgan fingerprint density at radius 3 is 2.65 bits per heavy atom. The van der Waals surface area contributed by atoms with Gasteiger partial charge in [-0.1, -0.05) is 0 Å². The van der Waals surface area contributed by atoms with Crippen LogP contribution in [0.1, 0.15) is 45.3 Å². The molecule has 5 nitrogen and oxygen atoms in total. The SMILES string of the molecule is CNCC1OCCN(C(C)C)C1c1cnn(C(C)C)c1. The molecule has 0 saturated carbocycles. The van der Waals surface area contributed by atoms with Crippen molar-refractivity contribution in [3.8, 4) is 0 Å². The third kappa shape index (κ3) is 3.22. The third-order valence-corrected chi connectivity index (χ3v) is 3.95. The molecule has 5 heteroatoms. The minimum atomic E-state index is 0.181. The summed E-state index contributed by atoms with van der Waals surface area (Å²) in [6.45, 7) is 11.5. The van der Waals surface area contributed by atoms with Crippen molar-refractivity contribution in [1.82, 2.24) is 20.0 Å². The molecule has 114 valence electrons. The van der Waals surface area contributed by atoms with Crippen molar-refractivity contribution in [1.29, 1.82) is 0 Å². The monoisotopic (exact) mass is 280 g/mol. The lowest BCUT2D eigenvalue weighted by Crippen LogP contribution is -2.51. The third-order valence-electron chi connectivity index (χ3n) is 3.95. The van der Waals surface area contributed by atoms with E-state index in [1.165, 1.54) is 5.56 Å². The summed E-state index contributed by atoms with van der Waals surface area (Å²) in [5.41, 5.74) is 1.26. The molecule has 2 atom stereocenters.